The van der Waals surface area contributed by atoms with E-state index in [2.05, 4.69) is 26.5 Å². The number of aromatic nitrogens is 2. The molecule has 0 aliphatic heterocycles. The van der Waals surface area contributed by atoms with E-state index in [4.69, 9.17) is 9.72 Å². The molecule has 0 spiro atoms. The SMILES string of the molecule is CCOc1ccc(-n2c(SCC(=O)NN=Cc3ccccc3Br)nc3sc4c(c3c2=O)CCCC4)cc1. The summed E-state index contributed by atoms with van der Waals surface area (Å²) in [7, 11) is 0. The molecule has 2 aromatic carbocycles. The third-order valence-corrected chi connectivity index (χ3v) is 8.84. The van der Waals surface area contributed by atoms with Crippen LogP contribution in [0.4, 0.5) is 0 Å². The Hall–Kier alpha value is -2.95. The number of nitrogens with one attached hydrogen (secondary N) is 1. The van der Waals surface area contributed by atoms with Crippen LogP contribution in [0.25, 0.3) is 15.9 Å². The smallest absolute Gasteiger partial charge is 0.267 e. The van der Waals surface area contributed by atoms with Crippen molar-refractivity contribution in [3.05, 3.63) is 79.4 Å². The number of carbonyl (C=O) groups excluding carboxylic acids is 1. The van der Waals surface area contributed by atoms with Crippen molar-refractivity contribution >= 4 is 61.4 Å². The van der Waals surface area contributed by atoms with Gasteiger partial charge >= 0.3 is 0 Å². The Labute approximate surface area is 231 Å². The zero-order chi connectivity index (χ0) is 25.8. The lowest BCUT2D eigenvalue weighted by atomic mass is 9.97. The van der Waals surface area contributed by atoms with Crippen molar-refractivity contribution in [1.29, 1.82) is 0 Å². The monoisotopic (exact) mass is 596 g/mol. The average molecular weight is 598 g/mol. The number of thioether (sulfide) groups is 1. The molecule has 1 aliphatic rings. The summed E-state index contributed by atoms with van der Waals surface area (Å²) in [6.45, 7) is 2.49. The molecular weight excluding hydrogens is 572 g/mol. The van der Waals surface area contributed by atoms with Crippen molar-refractivity contribution in [2.45, 2.75) is 37.8 Å². The van der Waals surface area contributed by atoms with Crippen LogP contribution in [0.2, 0.25) is 0 Å². The van der Waals surface area contributed by atoms with Crippen LogP contribution < -0.4 is 15.7 Å². The fourth-order valence-corrected chi connectivity index (χ4v) is 6.78. The van der Waals surface area contributed by atoms with Crippen molar-refractivity contribution in [3.8, 4) is 11.4 Å². The zero-order valence-corrected chi connectivity index (χ0v) is 23.4. The second-order valence-corrected chi connectivity index (χ2v) is 11.3. The number of nitrogens with zero attached hydrogens (tertiary/aromatic N) is 3. The molecule has 190 valence electrons. The fraction of sp³-hybridized carbons (Fsp3) is 0.259. The van der Waals surface area contributed by atoms with E-state index in [-0.39, 0.29) is 17.2 Å². The topological polar surface area (TPSA) is 85.6 Å². The van der Waals surface area contributed by atoms with Gasteiger partial charge in [-0.15, -0.1) is 11.3 Å². The first kappa shape index (κ1) is 25.7. The highest BCUT2D eigenvalue weighted by atomic mass is 79.9. The van der Waals surface area contributed by atoms with Crippen molar-refractivity contribution < 1.29 is 9.53 Å². The number of hydrogen-bond acceptors (Lipinski definition) is 7. The van der Waals surface area contributed by atoms with E-state index < -0.39 is 0 Å². The number of carbonyl (C=O) groups is 1. The lowest BCUT2D eigenvalue weighted by molar-refractivity contribution is -0.118. The summed E-state index contributed by atoms with van der Waals surface area (Å²) < 4.78 is 8.07. The summed E-state index contributed by atoms with van der Waals surface area (Å²) in [4.78, 5) is 33.3. The summed E-state index contributed by atoms with van der Waals surface area (Å²) in [5.74, 6) is 0.511. The first-order valence-corrected chi connectivity index (χ1v) is 14.6. The van der Waals surface area contributed by atoms with Crippen molar-refractivity contribution in [1.82, 2.24) is 15.0 Å². The van der Waals surface area contributed by atoms with Crippen LogP contribution in [0, 0.1) is 0 Å². The minimum atomic E-state index is -0.286. The molecule has 1 N–H and O–H groups in total. The maximum atomic E-state index is 13.9. The van der Waals surface area contributed by atoms with E-state index >= 15 is 0 Å². The number of ether oxygens (including phenoxy) is 1. The van der Waals surface area contributed by atoms with Gasteiger partial charge in [-0.2, -0.15) is 5.10 Å². The third kappa shape index (κ3) is 5.66. The summed E-state index contributed by atoms with van der Waals surface area (Å²) in [6.07, 6.45) is 5.69. The van der Waals surface area contributed by atoms with Crippen LogP contribution in [-0.2, 0) is 17.6 Å². The molecule has 4 aromatic rings. The van der Waals surface area contributed by atoms with Crippen molar-refractivity contribution in [3.63, 3.8) is 0 Å². The Kier molecular flexibility index (Phi) is 8.07. The van der Waals surface area contributed by atoms with E-state index in [9.17, 15) is 9.59 Å². The molecule has 1 amide bonds. The fourth-order valence-electron chi connectivity index (χ4n) is 4.28. The molecule has 2 heterocycles. The molecule has 37 heavy (non-hydrogen) atoms. The van der Waals surface area contributed by atoms with E-state index in [0.717, 1.165) is 51.9 Å². The molecule has 5 rings (SSSR count). The Balaban J connectivity index is 1.44. The van der Waals surface area contributed by atoms with Crippen LogP contribution in [0.15, 0.2) is 68.1 Å². The van der Waals surface area contributed by atoms with E-state index in [1.807, 2.05) is 55.5 Å². The highest BCUT2D eigenvalue weighted by molar-refractivity contribution is 9.10. The molecule has 0 saturated heterocycles. The number of benzene rings is 2. The van der Waals surface area contributed by atoms with Gasteiger partial charge in [0, 0.05) is 14.9 Å². The molecule has 7 nitrogen and oxygen atoms in total. The van der Waals surface area contributed by atoms with E-state index in [1.54, 1.807) is 22.1 Å². The minimum absolute atomic E-state index is 0.0629. The van der Waals surface area contributed by atoms with Crippen molar-refractivity contribution in [2.24, 2.45) is 5.10 Å². The number of rotatable bonds is 8. The molecule has 0 saturated carbocycles. The minimum Gasteiger partial charge on any atom is -0.494 e. The normalized spacial score (nSPS) is 13.1. The van der Waals surface area contributed by atoms with Crippen LogP contribution in [0.1, 0.15) is 35.8 Å². The number of aryl methyl sites for hydroxylation is 2. The van der Waals surface area contributed by atoms with Gasteiger partial charge in [0.15, 0.2) is 5.16 Å². The maximum Gasteiger partial charge on any atom is 0.267 e. The summed E-state index contributed by atoms with van der Waals surface area (Å²) in [5.41, 5.74) is 5.15. The van der Waals surface area contributed by atoms with Gasteiger partial charge in [-0.3, -0.25) is 14.2 Å². The Morgan fingerprint density at radius 1 is 1.22 bits per heavy atom. The quantitative estimate of drug-likeness (QED) is 0.121. The summed E-state index contributed by atoms with van der Waals surface area (Å²) >= 11 is 6.28. The van der Waals surface area contributed by atoms with Crippen LogP contribution in [-0.4, -0.2) is 34.0 Å². The van der Waals surface area contributed by atoms with Crippen LogP contribution in [0.3, 0.4) is 0 Å². The standard InChI is InChI=1S/C27H25BrN4O3S2/c1-2-35-19-13-11-18(12-14-19)32-26(34)24-20-8-4-6-10-22(20)37-25(24)30-27(32)36-16-23(33)31-29-15-17-7-3-5-9-21(17)28/h3,5,7,9,11-15H,2,4,6,8,10,16H2,1H3,(H,31,33). The molecule has 2 aromatic heterocycles. The first-order chi connectivity index (χ1) is 18.0. The Morgan fingerprint density at radius 3 is 2.78 bits per heavy atom. The number of halogens is 1. The molecule has 0 radical (unpaired) electrons. The molecule has 0 unspecified atom stereocenters. The molecule has 0 fully saturated rings. The second kappa shape index (κ2) is 11.6. The van der Waals surface area contributed by atoms with Gasteiger partial charge in [-0.25, -0.2) is 10.4 Å². The summed E-state index contributed by atoms with van der Waals surface area (Å²) in [5, 5.41) is 5.25. The number of amides is 1. The van der Waals surface area contributed by atoms with Crippen LogP contribution >= 0.6 is 39.0 Å². The average Bonchev–Trinajstić information content (AvgIpc) is 3.28. The maximum absolute atomic E-state index is 13.9. The van der Waals surface area contributed by atoms with Gasteiger partial charge < -0.3 is 4.74 Å². The Bertz CT molecular complexity index is 1530. The predicted octanol–water partition coefficient (Wildman–Crippen LogP) is 5.73. The molecular formula is C27H25BrN4O3S2. The van der Waals surface area contributed by atoms with E-state index in [1.165, 1.54) is 16.6 Å². The van der Waals surface area contributed by atoms with Crippen LogP contribution in [0.5, 0.6) is 5.75 Å². The van der Waals surface area contributed by atoms with Crippen molar-refractivity contribution in [2.75, 3.05) is 12.4 Å². The summed E-state index contributed by atoms with van der Waals surface area (Å²) in [6, 6.07) is 15.0. The molecule has 1 aliphatic carbocycles. The van der Waals surface area contributed by atoms with Gasteiger partial charge in [-0.05, 0) is 68.5 Å². The van der Waals surface area contributed by atoms with Gasteiger partial charge in [0.25, 0.3) is 11.5 Å². The lowest BCUT2D eigenvalue weighted by Gasteiger charge is -2.14. The van der Waals surface area contributed by atoms with Gasteiger partial charge in [0.1, 0.15) is 10.6 Å². The number of fused-ring (bicyclic) bond motifs is 3. The molecule has 0 atom stereocenters. The molecule has 10 heteroatoms. The lowest BCUT2D eigenvalue weighted by Crippen LogP contribution is -2.24. The predicted molar refractivity (Wildman–Crippen MR) is 154 cm³/mol. The number of hydrazone groups is 1. The number of hydrogen-bond donors (Lipinski definition) is 1. The highest BCUT2D eigenvalue weighted by Gasteiger charge is 2.23. The van der Waals surface area contributed by atoms with E-state index in [0.29, 0.717) is 22.8 Å². The van der Waals surface area contributed by atoms with Gasteiger partial charge in [0.05, 0.1) is 29.6 Å². The van der Waals surface area contributed by atoms with Gasteiger partial charge in [-0.1, -0.05) is 45.9 Å². The third-order valence-electron chi connectivity index (χ3n) is 5.99. The largest absolute Gasteiger partial charge is 0.494 e. The second-order valence-electron chi connectivity index (χ2n) is 8.46. The Morgan fingerprint density at radius 2 is 2.00 bits per heavy atom. The number of thiophene rings is 1. The first-order valence-electron chi connectivity index (χ1n) is 12.0. The highest BCUT2D eigenvalue weighted by Crippen LogP contribution is 2.35. The molecule has 0 bridgehead atoms. The van der Waals surface area contributed by atoms with Gasteiger partial charge in [0.2, 0.25) is 0 Å². The zero-order valence-electron chi connectivity index (χ0n) is 20.2.